The molecule has 0 aromatic heterocycles. The molecule has 6 nitrogen and oxygen atoms in total. The van der Waals surface area contributed by atoms with Crippen LogP contribution in [-0.2, 0) is 23.9 Å². The molecule has 0 aliphatic carbocycles. The molecular weight excluding hydrogens is 346 g/mol. The lowest BCUT2D eigenvalue weighted by molar-refractivity contribution is -0.153. The fourth-order valence-electron chi connectivity index (χ4n) is 1.05. The molecular formula is C18H36ClNO5. The van der Waals surface area contributed by atoms with Gasteiger partial charge in [-0.05, 0) is 32.4 Å². The lowest BCUT2D eigenvalue weighted by atomic mass is 10.1. The number of carbonyl (C=O) groups excluding carboxylic acids is 3. The topological polar surface area (TPSA) is 81.7 Å². The summed E-state index contributed by atoms with van der Waals surface area (Å²) in [7, 11) is 1.54. The van der Waals surface area contributed by atoms with Crippen molar-refractivity contribution < 1.29 is 23.9 Å². The third kappa shape index (κ3) is 27.7. The maximum absolute atomic E-state index is 11.2. The predicted molar refractivity (Wildman–Crippen MR) is 104 cm³/mol. The van der Waals surface area contributed by atoms with Crippen molar-refractivity contribution in [1.82, 2.24) is 5.32 Å². The molecule has 0 heterocycles. The van der Waals surface area contributed by atoms with E-state index in [2.05, 4.69) is 16.6 Å². The third-order valence-electron chi connectivity index (χ3n) is 2.10. The van der Waals surface area contributed by atoms with Crippen LogP contribution in [0.15, 0.2) is 12.2 Å². The normalized spacial score (nSPS) is 9.44. The first-order chi connectivity index (χ1) is 11.9. The molecule has 0 saturated carbocycles. The maximum atomic E-state index is 11.2. The molecule has 1 atom stereocenters. The minimum absolute atomic E-state index is 0.0616. The molecule has 0 bridgehead atoms. The lowest BCUT2D eigenvalue weighted by Gasteiger charge is -2.12. The highest BCUT2D eigenvalue weighted by Gasteiger charge is 2.19. The molecule has 1 unspecified atom stereocenters. The Morgan fingerprint density at radius 2 is 1.72 bits per heavy atom. The smallest absolute Gasteiger partial charge is 0.330 e. The van der Waals surface area contributed by atoms with E-state index in [4.69, 9.17) is 16.3 Å². The molecule has 150 valence electrons. The quantitative estimate of drug-likeness (QED) is 0.215. The van der Waals surface area contributed by atoms with Crippen LogP contribution in [0.3, 0.4) is 0 Å². The van der Waals surface area contributed by atoms with Crippen LogP contribution in [0.4, 0.5) is 0 Å². The van der Waals surface area contributed by atoms with Crippen LogP contribution in [0.5, 0.6) is 0 Å². The summed E-state index contributed by atoms with van der Waals surface area (Å²) in [4.78, 5) is 32.4. The Balaban J connectivity index is -0.000000234. The van der Waals surface area contributed by atoms with E-state index in [1.807, 2.05) is 34.6 Å². The molecule has 0 aromatic rings. The van der Waals surface area contributed by atoms with Gasteiger partial charge in [0, 0.05) is 12.3 Å². The van der Waals surface area contributed by atoms with Gasteiger partial charge in [-0.2, -0.15) is 0 Å². The number of esters is 2. The molecule has 0 amide bonds. The van der Waals surface area contributed by atoms with E-state index >= 15 is 0 Å². The number of alkyl halides is 1. The summed E-state index contributed by atoms with van der Waals surface area (Å²) in [6.07, 6.45) is 1.35. The minimum atomic E-state index is -0.713. The molecule has 0 spiro atoms. The zero-order valence-electron chi connectivity index (χ0n) is 16.8. The van der Waals surface area contributed by atoms with Gasteiger partial charge >= 0.3 is 18.4 Å². The summed E-state index contributed by atoms with van der Waals surface area (Å²) >= 11 is 5.19. The first-order valence-corrected chi connectivity index (χ1v) is 9.13. The molecule has 0 saturated heterocycles. The zero-order chi connectivity index (χ0) is 20.7. The summed E-state index contributed by atoms with van der Waals surface area (Å²) in [6, 6.07) is -0.697. The number of ether oxygens (including phenoxy) is 2. The summed E-state index contributed by atoms with van der Waals surface area (Å²) in [5, 5.41) is 2.65. The molecule has 0 aliphatic rings. The van der Waals surface area contributed by atoms with Crippen LogP contribution in [0.1, 0.15) is 60.8 Å². The Bertz CT molecular complexity index is 333. The maximum Gasteiger partial charge on any atom is 0.330 e. The highest BCUT2D eigenvalue weighted by atomic mass is 35.5. The van der Waals surface area contributed by atoms with Gasteiger partial charge < -0.3 is 14.8 Å². The molecule has 0 rings (SSSR count). The van der Waals surface area contributed by atoms with Crippen molar-refractivity contribution in [2.75, 3.05) is 19.5 Å². The fraction of sp³-hybridized carbons (Fsp3) is 0.722. The van der Waals surface area contributed by atoms with Crippen LogP contribution < -0.4 is 5.32 Å². The number of likely N-dealkylation sites (N-methyl/N-ethyl adjacent to an activating group) is 1. The summed E-state index contributed by atoms with van der Waals surface area (Å²) in [5.41, 5.74) is 0.740. The van der Waals surface area contributed by atoms with Gasteiger partial charge in [0.05, 0.1) is 0 Å². The van der Waals surface area contributed by atoms with Crippen LogP contribution >= 0.6 is 11.6 Å². The fourth-order valence-corrected chi connectivity index (χ4v) is 1.05. The lowest BCUT2D eigenvalue weighted by Crippen LogP contribution is -2.35. The molecule has 0 fully saturated rings. The Kier molecular flexibility index (Phi) is 34.4. The number of hydrogen-bond acceptors (Lipinski definition) is 6. The number of halogens is 1. The molecule has 0 radical (unpaired) electrons. The van der Waals surface area contributed by atoms with Crippen molar-refractivity contribution in [3.05, 3.63) is 12.2 Å². The van der Waals surface area contributed by atoms with Gasteiger partial charge in [-0.1, -0.05) is 41.2 Å². The largest absolute Gasteiger partial charge is 0.461 e. The van der Waals surface area contributed by atoms with E-state index in [0.717, 1.165) is 17.9 Å². The second-order valence-electron chi connectivity index (χ2n) is 4.22. The predicted octanol–water partition coefficient (Wildman–Crippen LogP) is 3.86. The van der Waals surface area contributed by atoms with Crippen molar-refractivity contribution >= 4 is 30.0 Å². The number of hydrogen-bond donors (Lipinski definition) is 1. The average molecular weight is 382 g/mol. The van der Waals surface area contributed by atoms with E-state index in [0.29, 0.717) is 0 Å². The highest BCUT2D eigenvalue weighted by molar-refractivity contribution is 6.17. The number of rotatable bonds is 9. The molecule has 25 heavy (non-hydrogen) atoms. The zero-order valence-corrected chi connectivity index (χ0v) is 17.6. The Morgan fingerprint density at radius 3 is 2.04 bits per heavy atom. The molecule has 7 heteroatoms. The Morgan fingerprint density at radius 1 is 1.24 bits per heavy atom. The van der Waals surface area contributed by atoms with Gasteiger partial charge in [0.25, 0.3) is 0 Å². The Labute approximate surface area is 158 Å². The Hall–Kier alpha value is -1.40. The van der Waals surface area contributed by atoms with Crippen molar-refractivity contribution in [1.29, 1.82) is 0 Å². The summed E-state index contributed by atoms with van der Waals surface area (Å²) in [5.74, 6) is -0.345. The summed E-state index contributed by atoms with van der Waals surface area (Å²) < 4.78 is 9.03. The van der Waals surface area contributed by atoms with E-state index in [1.165, 1.54) is 7.05 Å². The molecule has 1 N–H and O–H groups in total. The third-order valence-corrected chi connectivity index (χ3v) is 2.48. The van der Waals surface area contributed by atoms with E-state index < -0.39 is 18.0 Å². The average Bonchev–Trinajstić information content (AvgIpc) is 2.64. The van der Waals surface area contributed by atoms with Crippen molar-refractivity contribution in [3.63, 3.8) is 0 Å². The summed E-state index contributed by atoms with van der Waals surface area (Å²) in [6.45, 7) is 15.6. The van der Waals surface area contributed by atoms with Crippen molar-refractivity contribution in [3.8, 4) is 0 Å². The van der Waals surface area contributed by atoms with Crippen molar-refractivity contribution in [2.24, 2.45) is 0 Å². The molecule has 0 aliphatic heterocycles. The van der Waals surface area contributed by atoms with Crippen LogP contribution in [0.2, 0.25) is 0 Å². The van der Waals surface area contributed by atoms with E-state index in [-0.39, 0.29) is 25.9 Å². The van der Waals surface area contributed by atoms with E-state index in [1.54, 1.807) is 6.92 Å². The van der Waals surface area contributed by atoms with Gasteiger partial charge in [0.15, 0.2) is 0 Å². The van der Waals surface area contributed by atoms with Gasteiger partial charge in [-0.25, -0.2) is 4.79 Å². The van der Waals surface area contributed by atoms with Gasteiger partial charge in [-0.15, -0.1) is 11.6 Å². The second kappa shape index (κ2) is 27.4. The minimum Gasteiger partial charge on any atom is -0.461 e. The standard InChI is InChI=1S/C11H17NO5.C3H7Cl.2C2H6/c1-8(2)6-16-10(14)5-4-9(12-3)11(15)17-7-13;1-2-3-4;2*1-2/h7,9,12H,1,4-6H2,2-3H3;2-3H2,1H3;2*1-2H3. The van der Waals surface area contributed by atoms with E-state index in [9.17, 15) is 14.4 Å². The second-order valence-corrected chi connectivity index (χ2v) is 4.60. The number of carbonyl (C=O) groups is 3. The van der Waals surface area contributed by atoms with Gasteiger partial charge in [0.1, 0.15) is 12.6 Å². The van der Waals surface area contributed by atoms with Crippen LogP contribution in [0.25, 0.3) is 0 Å². The van der Waals surface area contributed by atoms with Gasteiger partial charge in [0.2, 0.25) is 0 Å². The van der Waals surface area contributed by atoms with Crippen LogP contribution in [0, 0.1) is 0 Å². The first kappa shape index (κ1) is 31.4. The molecule has 0 aromatic carbocycles. The van der Waals surface area contributed by atoms with Gasteiger partial charge in [-0.3, -0.25) is 9.59 Å². The highest BCUT2D eigenvalue weighted by Crippen LogP contribution is 2.02. The SMILES string of the molecule is C=C(C)COC(=O)CCC(NC)C(=O)OC=O.CC.CC.CCCCl. The van der Waals surface area contributed by atoms with Crippen LogP contribution in [-0.4, -0.2) is 44.0 Å². The number of nitrogens with one attached hydrogen (secondary N) is 1. The first-order valence-electron chi connectivity index (χ1n) is 8.60. The van der Waals surface area contributed by atoms with Crippen molar-refractivity contribution in [2.45, 2.75) is 66.8 Å². The monoisotopic (exact) mass is 381 g/mol.